The molecular weight excluding hydrogens is 426 g/mol. The molecule has 7 heteroatoms. The van der Waals surface area contributed by atoms with Gasteiger partial charge in [0.15, 0.2) is 5.16 Å². The first-order valence-corrected chi connectivity index (χ1v) is 13.0. The number of thioether (sulfide) groups is 1. The third kappa shape index (κ3) is 5.04. The number of carbonyl (C=O) groups excluding carboxylic acids is 1. The van der Waals surface area contributed by atoms with Gasteiger partial charge in [-0.1, -0.05) is 56.1 Å². The fraction of sp³-hybridized carbons (Fsp3) is 0.458. The molecule has 4 rings (SSSR count). The lowest BCUT2D eigenvalue weighted by Gasteiger charge is -2.24. The van der Waals surface area contributed by atoms with Crippen LogP contribution in [0.25, 0.3) is 10.9 Å². The van der Waals surface area contributed by atoms with Crippen LogP contribution in [0, 0.1) is 0 Å². The van der Waals surface area contributed by atoms with Crippen molar-refractivity contribution in [2.45, 2.75) is 63.2 Å². The Labute approximate surface area is 191 Å². The van der Waals surface area contributed by atoms with Gasteiger partial charge in [-0.25, -0.2) is 4.98 Å². The van der Waals surface area contributed by atoms with Crippen molar-refractivity contribution in [3.8, 4) is 0 Å². The van der Waals surface area contributed by atoms with Gasteiger partial charge in [0.05, 0.1) is 22.7 Å². The molecule has 0 spiro atoms. The summed E-state index contributed by atoms with van der Waals surface area (Å²) in [5.74, 6) is 0.433. The van der Waals surface area contributed by atoms with Crippen LogP contribution < -0.4 is 5.56 Å². The van der Waals surface area contributed by atoms with E-state index in [-0.39, 0.29) is 17.5 Å². The molecule has 1 atom stereocenters. The zero-order chi connectivity index (χ0) is 21.6. The number of carbonyl (C=O) groups is 1. The van der Waals surface area contributed by atoms with E-state index in [1.165, 1.54) is 16.6 Å². The Morgan fingerprint density at radius 1 is 1.19 bits per heavy atom. The van der Waals surface area contributed by atoms with Crippen molar-refractivity contribution < 1.29 is 4.79 Å². The number of unbranched alkanes of at least 4 members (excludes halogenated alkanes) is 3. The van der Waals surface area contributed by atoms with Gasteiger partial charge >= 0.3 is 0 Å². The van der Waals surface area contributed by atoms with E-state index in [1.54, 1.807) is 15.9 Å². The quantitative estimate of drug-likeness (QED) is 0.243. The van der Waals surface area contributed by atoms with Crippen molar-refractivity contribution in [1.82, 2.24) is 14.5 Å². The van der Waals surface area contributed by atoms with Crippen LogP contribution in [0.5, 0.6) is 0 Å². The Bertz CT molecular complexity index is 1080. The van der Waals surface area contributed by atoms with Gasteiger partial charge in [0, 0.05) is 18.0 Å². The summed E-state index contributed by atoms with van der Waals surface area (Å²) in [7, 11) is 0. The second kappa shape index (κ2) is 10.5. The third-order valence-electron chi connectivity index (χ3n) is 5.83. The number of para-hydroxylation sites is 1. The summed E-state index contributed by atoms with van der Waals surface area (Å²) in [6, 6.07) is 11.8. The van der Waals surface area contributed by atoms with Crippen LogP contribution in [0.3, 0.4) is 0 Å². The third-order valence-corrected chi connectivity index (χ3v) is 7.77. The minimum Gasteiger partial charge on any atom is -0.334 e. The van der Waals surface area contributed by atoms with Gasteiger partial charge in [0.1, 0.15) is 0 Å². The lowest BCUT2D eigenvalue weighted by Crippen LogP contribution is -2.32. The molecule has 3 aromatic rings. The summed E-state index contributed by atoms with van der Waals surface area (Å²) in [5, 5.41) is 3.37. The highest BCUT2D eigenvalue weighted by atomic mass is 32.2. The van der Waals surface area contributed by atoms with Crippen LogP contribution in [-0.2, 0) is 11.3 Å². The molecule has 0 bridgehead atoms. The van der Waals surface area contributed by atoms with Crippen molar-refractivity contribution in [2.24, 2.45) is 0 Å². The summed E-state index contributed by atoms with van der Waals surface area (Å²) in [6.45, 7) is 3.63. The molecule has 1 amide bonds. The first kappa shape index (κ1) is 22.1. The van der Waals surface area contributed by atoms with Crippen LogP contribution >= 0.6 is 23.1 Å². The van der Waals surface area contributed by atoms with Gasteiger partial charge in [0.2, 0.25) is 5.91 Å². The summed E-state index contributed by atoms with van der Waals surface area (Å²) in [6.07, 6.45) is 6.41. The Morgan fingerprint density at radius 2 is 2.06 bits per heavy atom. The number of amides is 1. The summed E-state index contributed by atoms with van der Waals surface area (Å²) in [4.78, 5) is 34.2. The molecule has 1 unspecified atom stereocenters. The van der Waals surface area contributed by atoms with Crippen molar-refractivity contribution in [3.05, 3.63) is 57.0 Å². The minimum absolute atomic E-state index is 0.00492. The van der Waals surface area contributed by atoms with E-state index in [2.05, 4.69) is 18.4 Å². The fourth-order valence-electron chi connectivity index (χ4n) is 4.20. The number of nitrogens with zero attached hydrogens (tertiary/aromatic N) is 3. The highest BCUT2D eigenvalue weighted by molar-refractivity contribution is 7.99. The normalized spacial score (nSPS) is 16.3. The molecule has 1 saturated heterocycles. The molecule has 1 aromatic carbocycles. The zero-order valence-corrected chi connectivity index (χ0v) is 19.6. The maximum Gasteiger partial charge on any atom is 0.262 e. The van der Waals surface area contributed by atoms with Crippen LogP contribution in [0.1, 0.15) is 56.4 Å². The molecule has 2 aromatic heterocycles. The van der Waals surface area contributed by atoms with E-state index in [9.17, 15) is 9.59 Å². The lowest BCUT2D eigenvalue weighted by atomic mass is 10.2. The van der Waals surface area contributed by atoms with Crippen molar-refractivity contribution in [2.75, 3.05) is 12.3 Å². The van der Waals surface area contributed by atoms with E-state index in [1.807, 2.05) is 35.2 Å². The first-order valence-electron chi connectivity index (χ1n) is 11.1. The predicted molar refractivity (Wildman–Crippen MR) is 129 cm³/mol. The molecule has 1 fully saturated rings. The molecule has 0 N–H and O–H groups in total. The Balaban J connectivity index is 1.52. The highest BCUT2D eigenvalue weighted by Crippen LogP contribution is 2.35. The molecule has 31 heavy (non-hydrogen) atoms. The second-order valence-corrected chi connectivity index (χ2v) is 9.90. The lowest BCUT2D eigenvalue weighted by molar-refractivity contribution is -0.129. The van der Waals surface area contributed by atoms with E-state index in [0.717, 1.165) is 45.1 Å². The van der Waals surface area contributed by atoms with Gasteiger partial charge < -0.3 is 4.90 Å². The number of hydrogen-bond acceptors (Lipinski definition) is 5. The van der Waals surface area contributed by atoms with E-state index < -0.39 is 0 Å². The van der Waals surface area contributed by atoms with Crippen molar-refractivity contribution in [1.29, 1.82) is 0 Å². The van der Waals surface area contributed by atoms with E-state index >= 15 is 0 Å². The van der Waals surface area contributed by atoms with Gasteiger partial charge in [0.25, 0.3) is 5.56 Å². The van der Waals surface area contributed by atoms with Crippen LogP contribution in [-0.4, -0.2) is 32.7 Å². The minimum atomic E-state index is -0.00492. The van der Waals surface area contributed by atoms with Crippen LogP contribution in [0.15, 0.2) is 51.7 Å². The Hall–Kier alpha value is -2.12. The molecule has 164 valence electrons. The number of benzene rings is 1. The van der Waals surface area contributed by atoms with Crippen molar-refractivity contribution in [3.63, 3.8) is 0 Å². The maximum atomic E-state index is 13.1. The number of hydrogen-bond donors (Lipinski definition) is 0. The van der Waals surface area contributed by atoms with E-state index in [0.29, 0.717) is 28.4 Å². The molecule has 1 aliphatic heterocycles. The number of likely N-dealkylation sites (tertiary alicyclic amines) is 1. The molecule has 0 radical (unpaired) electrons. The second-order valence-electron chi connectivity index (χ2n) is 7.98. The first-order chi connectivity index (χ1) is 15.2. The average Bonchev–Trinajstić information content (AvgIpc) is 3.48. The van der Waals surface area contributed by atoms with Crippen LogP contribution in [0.2, 0.25) is 0 Å². The smallest absolute Gasteiger partial charge is 0.262 e. The van der Waals surface area contributed by atoms with Gasteiger partial charge in [-0.05, 0) is 42.8 Å². The SMILES string of the molecule is CCCCCCn1c(SCC(=O)N2CCCC2c2cccs2)nc2ccccc2c1=O. The monoisotopic (exact) mass is 455 g/mol. The number of rotatable bonds is 9. The Kier molecular flexibility index (Phi) is 7.45. The zero-order valence-electron chi connectivity index (χ0n) is 18.0. The number of thiophene rings is 1. The van der Waals surface area contributed by atoms with Gasteiger partial charge in [-0.2, -0.15) is 0 Å². The molecule has 0 aliphatic carbocycles. The molecular formula is C24H29N3O2S2. The van der Waals surface area contributed by atoms with Crippen molar-refractivity contribution >= 4 is 39.9 Å². The molecule has 1 aliphatic rings. The highest BCUT2D eigenvalue weighted by Gasteiger charge is 2.30. The fourth-order valence-corrected chi connectivity index (χ4v) is 5.99. The molecule has 5 nitrogen and oxygen atoms in total. The van der Waals surface area contributed by atoms with E-state index in [4.69, 9.17) is 4.98 Å². The summed E-state index contributed by atoms with van der Waals surface area (Å²) < 4.78 is 1.77. The van der Waals surface area contributed by atoms with Gasteiger partial charge in [-0.15, -0.1) is 11.3 Å². The topological polar surface area (TPSA) is 55.2 Å². The van der Waals surface area contributed by atoms with Crippen LogP contribution in [0.4, 0.5) is 0 Å². The Morgan fingerprint density at radius 3 is 2.87 bits per heavy atom. The van der Waals surface area contributed by atoms with Gasteiger partial charge in [-0.3, -0.25) is 14.2 Å². The molecule has 3 heterocycles. The standard InChI is InChI=1S/C24H29N3O2S2/c1-2-3-4-7-14-27-23(29)18-10-5-6-11-19(18)25-24(27)31-17-22(28)26-15-8-12-20(26)21-13-9-16-30-21/h5-6,9-11,13,16,20H,2-4,7-8,12,14-15,17H2,1H3. The summed E-state index contributed by atoms with van der Waals surface area (Å²) in [5.41, 5.74) is 0.694. The average molecular weight is 456 g/mol. The largest absolute Gasteiger partial charge is 0.334 e. The maximum absolute atomic E-state index is 13.1. The number of aromatic nitrogens is 2. The molecule has 0 saturated carbocycles. The summed E-state index contributed by atoms with van der Waals surface area (Å²) >= 11 is 3.11. The predicted octanol–water partition coefficient (Wildman–Crippen LogP) is 5.49. The number of fused-ring (bicyclic) bond motifs is 1.